The lowest BCUT2D eigenvalue weighted by Gasteiger charge is -2.52. The number of hydrogen-bond donors (Lipinski definition) is 1. The second-order valence-electron chi connectivity index (χ2n) is 11.9. The summed E-state index contributed by atoms with van der Waals surface area (Å²) in [5, 5.41) is 11.5. The van der Waals surface area contributed by atoms with E-state index < -0.39 is 34.7 Å². The summed E-state index contributed by atoms with van der Waals surface area (Å²) >= 11 is 0. The molecule has 0 saturated heterocycles. The van der Waals surface area contributed by atoms with Crippen LogP contribution >= 0.6 is 0 Å². The van der Waals surface area contributed by atoms with Crippen LogP contribution in [0.5, 0.6) is 11.5 Å². The maximum Gasteiger partial charge on any atom is 0.352 e. The van der Waals surface area contributed by atoms with Crippen LogP contribution in [0.3, 0.4) is 0 Å². The second kappa shape index (κ2) is 10.2. The van der Waals surface area contributed by atoms with Crippen LogP contribution in [0.4, 0.5) is 0 Å². The van der Waals surface area contributed by atoms with E-state index in [0.717, 1.165) is 15.7 Å². The van der Waals surface area contributed by atoms with Crippen molar-refractivity contribution in [2.24, 2.45) is 11.3 Å². The number of nitrogens with zero attached hydrogens (tertiary/aromatic N) is 3. The molecule has 2 heterocycles. The topological polar surface area (TPSA) is 113 Å². The smallest absolute Gasteiger partial charge is 0.352 e. The first-order valence-electron chi connectivity index (χ1n) is 14.7. The van der Waals surface area contributed by atoms with Gasteiger partial charge in [-0.15, -0.1) is 0 Å². The highest BCUT2D eigenvalue weighted by Crippen LogP contribution is 2.60. The van der Waals surface area contributed by atoms with Crippen LogP contribution in [-0.2, 0) is 22.7 Å². The number of allylic oxidation sites excluding steroid dienone is 4. The molecule has 0 radical (unpaired) electrons. The van der Waals surface area contributed by atoms with Crippen molar-refractivity contribution in [3.05, 3.63) is 134 Å². The number of phenolic OH excluding ortho intramolecular Hbond substituents is 1. The van der Waals surface area contributed by atoms with E-state index in [1.165, 1.54) is 21.5 Å². The van der Waals surface area contributed by atoms with Gasteiger partial charge in [0.1, 0.15) is 18.1 Å². The van der Waals surface area contributed by atoms with Crippen LogP contribution < -0.4 is 16.1 Å². The molecular weight excluding hydrogens is 558 g/mol. The van der Waals surface area contributed by atoms with Gasteiger partial charge in [0.15, 0.2) is 11.6 Å². The molecule has 44 heavy (non-hydrogen) atoms. The maximum atomic E-state index is 14.0. The standard InChI is InChI=1S/C35H31N3O6/c1-21-17-30(40)27-19-28-25(15-16-36-33(42)37(34(43)38(28)36)23-11-7-4-8-12-23)31(35(27,2)32(21)41)26-14-13-24(18-29(26)39)44-20-22-9-5-3-6-10-22/h3-15,17-18,27-28,31,39H,16,19-20H2,1-2H3/t27-,28+,31+,35+/m0/s1. The molecule has 222 valence electrons. The van der Waals surface area contributed by atoms with Crippen molar-refractivity contribution in [2.45, 2.75) is 45.4 Å². The van der Waals surface area contributed by atoms with Gasteiger partial charge in [0.05, 0.1) is 23.7 Å². The number of phenols is 1. The molecule has 9 heteroatoms. The summed E-state index contributed by atoms with van der Waals surface area (Å²) in [6, 6.07) is 22.7. The minimum Gasteiger partial charge on any atom is -0.508 e. The Morgan fingerprint density at radius 1 is 0.932 bits per heavy atom. The van der Waals surface area contributed by atoms with E-state index in [1.807, 2.05) is 36.4 Å². The number of aromatic nitrogens is 3. The second-order valence-corrected chi connectivity index (χ2v) is 11.9. The van der Waals surface area contributed by atoms with E-state index in [4.69, 9.17) is 4.74 Å². The number of para-hydroxylation sites is 1. The summed E-state index contributed by atoms with van der Waals surface area (Å²) in [6.45, 7) is 3.84. The van der Waals surface area contributed by atoms with Crippen molar-refractivity contribution in [3.8, 4) is 17.2 Å². The molecule has 3 aromatic carbocycles. The van der Waals surface area contributed by atoms with Gasteiger partial charge >= 0.3 is 11.4 Å². The Labute approximate surface area is 252 Å². The van der Waals surface area contributed by atoms with Crippen molar-refractivity contribution >= 4 is 11.6 Å². The van der Waals surface area contributed by atoms with Crippen LogP contribution in [0, 0.1) is 11.3 Å². The lowest BCUT2D eigenvalue weighted by atomic mass is 9.51. The molecule has 1 saturated carbocycles. The zero-order valence-corrected chi connectivity index (χ0v) is 24.3. The van der Waals surface area contributed by atoms with E-state index in [1.54, 1.807) is 56.3 Å². The van der Waals surface area contributed by atoms with E-state index >= 15 is 0 Å². The van der Waals surface area contributed by atoms with Crippen molar-refractivity contribution in [2.75, 3.05) is 0 Å². The zero-order valence-electron chi connectivity index (χ0n) is 24.3. The highest BCUT2D eigenvalue weighted by atomic mass is 16.5. The van der Waals surface area contributed by atoms with Crippen LogP contribution in [-0.4, -0.2) is 30.6 Å². The fourth-order valence-electron chi connectivity index (χ4n) is 7.40. The van der Waals surface area contributed by atoms with Gasteiger partial charge in [0.2, 0.25) is 0 Å². The molecule has 3 aliphatic rings. The van der Waals surface area contributed by atoms with Gasteiger partial charge in [0, 0.05) is 23.5 Å². The van der Waals surface area contributed by atoms with Crippen molar-refractivity contribution < 1.29 is 19.4 Å². The van der Waals surface area contributed by atoms with Gasteiger partial charge < -0.3 is 9.84 Å². The van der Waals surface area contributed by atoms with E-state index in [2.05, 4.69) is 0 Å². The average Bonchev–Trinajstić information content (AvgIpc) is 3.29. The minimum atomic E-state index is -1.21. The number of rotatable bonds is 5. The Morgan fingerprint density at radius 2 is 1.64 bits per heavy atom. The highest BCUT2D eigenvalue weighted by Gasteiger charge is 2.60. The molecule has 4 atom stereocenters. The first-order valence-corrected chi connectivity index (χ1v) is 14.7. The maximum absolute atomic E-state index is 14.0. The summed E-state index contributed by atoms with van der Waals surface area (Å²) < 4.78 is 9.88. The molecular formula is C35H31N3O6. The van der Waals surface area contributed by atoms with Gasteiger partial charge in [-0.25, -0.2) is 23.5 Å². The van der Waals surface area contributed by atoms with Crippen LogP contribution in [0.15, 0.2) is 112 Å². The van der Waals surface area contributed by atoms with Crippen molar-refractivity contribution in [1.29, 1.82) is 0 Å². The number of carbonyl (C=O) groups is 2. The molecule has 1 N–H and O–H groups in total. The molecule has 9 nitrogen and oxygen atoms in total. The molecule has 1 fully saturated rings. The SMILES string of the molecule is CC1=CC(=O)[C@@H]2C[C@@H]3C(=CCn4c(=O)n(-c5ccccc5)c(=O)n43)[C@H](c3ccc(OCc4ccccc4)cc3O)[C@]2(C)C1=O. The number of ether oxygens (including phenoxy) is 1. The van der Waals surface area contributed by atoms with Crippen LogP contribution in [0.25, 0.3) is 5.69 Å². The van der Waals surface area contributed by atoms with Gasteiger partial charge in [-0.05, 0) is 54.3 Å². The van der Waals surface area contributed by atoms with Crippen LogP contribution in [0.2, 0.25) is 0 Å². The average molecular weight is 590 g/mol. The molecule has 7 rings (SSSR count). The summed E-state index contributed by atoms with van der Waals surface area (Å²) in [7, 11) is 0. The predicted octanol–water partition coefficient (Wildman–Crippen LogP) is 4.47. The summed E-state index contributed by atoms with van der Waals surface area (Å²) in [6.07, 6.45) is 3.43. The molecule has 0 amide bonds. The third-order valence-electron chi connectivity index (χ3n) is 9.48. The third-order valence-corrected chi connectivity index (χ3v) is 9.48. The van der Waals surface area contributed by atoms with Crippen molar-refractivity contribution in [3.63, 3.8) is 0 Å². The minimum absolute atomic E-state index is 0.0771. The first kappa shape index (κ1) is 27.6. The number of Topliss-reactive ketones (excluding diaryl/α,β-unsaturated/α-hetero) is 1. The number of aromatic hydroxyl groups is 1. The Bertz CT molecular complexity index is 2000. The Kier molecular flexibility index (Phi) is 6.42. The summed E-state index contributed by atoms with van der Waals surface area (Å²) in [5.41, 5.74) is 0.752. The van der Waals surface area contributed by atoms with E-state index in [-0.39, 0.29) is 30.3 Å². The fourth-order valence-corrected chi connectivity index (χ4v) is 7.40. The third kappa shape index (κ3) is 4.06. The molecule has 0 unspecified atom stereocenters. The fraction of sp³-hybridized carbons (Fsp3) is 0.257. The molecule has 0 bridgehead atoms. The number of carbonyl (C=O) groups excluding carboxylic acids is 2. The molecule has 2 aliphatic carbocycles. The summed E-state index contributed by atoms with van der Waals surface area (Å²) in [5.74, 6) is -1.50. The number of ketones is 2. The lowest BCUT2D eigenvalue weighted by Crippen LogP contribution is -2.54. The number of fused-ring (bicyclic) bond motifs is 4. The monoisotopic (exact) mass is 589 g/mol. The zero-order chi connectivity index (χ0) is 30.7. The summed E-state index contributed by atoms with van der Waals surface area (Å²) in [4.78, 5) is 55.0. The van der Waals surface area contributed by atoms with Gasteiger partial charge in [-0.3, -0.25) is 9.59 Å². The molecule has 1 aromatic heterocycles. The van der Waals surface area contributed by atoms with E-state index in [0.29, 0.717) is 29.2 Å². The number of benzene rings is 3. The highest BCUT2D eigenvalue weighted by molar-refractivity contribution is 6.13. The Morgan fingerprint density at radius 3 is 2.34 bits per heavy atom. The molecule has 1 aliphatic heterocycles. The quantitative estimate of drug-likeness (QED) is 0.344. The predicted molar refractivity (Wildman–Crippen MR) is 163 cm³/mol. The lowest BCUT2D eigenvalue weighted by molar-refractivity contribution is -0.139. The van der Waals surface area contributed by atoms with Gasteiger partial charge in [0.25, 0.3) is 0 Å². The van der Waals surface area contributed by atoms with Gasteiger partial charge in [-0.1, -0.05) is 67.6 Å². The van der Waals surface area contributed by atoms with Crippen LogP contribution in [0.1, 0.15) is 43.4 Å². The Hall–Kier alpha value is -5.18. The van der Waals surface area contributed by atoms with E-state index in [9.17, 15) is 24.3 Å². The Balaban J connectivity index is 1.35. The molecule has 0 spiro atoms. The largest absolute Gasteiger partial charge is 0.508 e. The number of hydrogen-bond acceptors (Lipinski definition) is 6. The normalized spacial score (nSPS) is 24.1. The molecule has 4 aromatic rings. The van der Waals surface area contributed by atoms with Crippen molar-refractivity contribution in [1.82, 2.24) is 13.9 Å². The van der Waals surface area contributed by atoms with Gasteiger partial charge in [-0.2, -0.15) is 0 Å². The first-order chi connectivity index (χ1) is 21.2.